The fourth-order valence-electron chi connectivity index (χ4n) is 2.12. The van der Waals surface area contributed by atoms with Gasteiger partial charge in [-0.15, -0.1) is 0 Å². The summed E-state index contributed by atoms with van der Waals surface area (Å²) in [5, 5.41) is 0. The summed E-state index contributed by atoms with van der Waals surface area (Å²) in [5.41, 5.74) is 0.296. The van der Waals surface area contributed by atoms with Crippen molar-refractivity contribution in [3.63, 3.8) is 0 Å². The number of carbonyl (C=O) groups is 1. The van der Waals surface area contributed by atoms with E-state index in [0.717, 1.165) is 12.1 Å². The van der Waals surface area contributed by atoms with E-state index in [1.165, 1.54) is 0 Å². The summed E-state index contributed by atoms with van der Waals surface area (Å²) < 4.78 is 32.4. The van der Waals surface area contributed by atoms with Gasteiger partial charge in [0.15, 0.2) is 6.10 Å². The molecule has 0 radical (unpaired) electrons. The number of hydrogen-bond acceptors (Lipinski definition) is 2. The molecule has 0 saturated carbocycles. The first-order valence-electron chi connectivity index (χ1n) is 5.42. The van der Waals surface area contributed by atoms with Crippen molar-refractivity contribution in [3.05, 3.63) is 70.8 Å². The Bertz CT molecular complexity index is 623. The van der Waals surface area contributed by atoms with Gasteiger partial charge in [0.05, 0.1) is 5.56 Å². The van der Waals surface area contributed by atoms with Crippen molar-refractivity contribution >= 4 is 5.97 Å². The number of esters is 1. The highest BCUT2D eigenvalue weighted by molar-refractivity contribution is 5.94. The van der Waals surface area contributed by atoms with Gasteiger partial charge in [0.1, 0.15) is 17.2 Å². The molecule has 4 heteroatoms. The van der Waals surface area contributed by atoms with Crippen LogP contribution in [0.4, 0.5) is 8.78 Å². The van der Waals surface area contributed by atoms with Crippen molar-refractivity contribution in [2.24, 2.45) is 0 Å². The number of carbonyl (C=O) groups excluding carboxylic acids is 1. The number of benzene rings is 2. The van der Waals surface area contributed by atoms with E-state index in [1.54, 1.807) is 30.3 Å². The molecule has 2 aromatic rings. The van der Waals surface area contributed by atoms with E-state index in [2.05, 4.69) is 0 Å². The average molecular weight is 246 g/mol. The first-order valence-corrected chi connectivity index (χ1v) is 5.42. The normalized spacial score (nSPS) is 17.4. The lowest BCUT2D eigenvalue weighted by molar-refractivity contribution is 0.0451. The summed E-state index contributed by atoms with van der Waals surface area (Å²) in [6.45, 7) is 0. The topological polar surface area (TPSA) is 26.3 Å². The van der Waals surface area contributed by atoms with Crippen LogP contribution >= 0.6 is 0 Å². The highest BCUT2D eigenvalue weighted by atomic mass is 19.1. The van der Waals surface area contributed by atoms with Gasteiger partial charge in [-0.2, -0.15) is 0 Å². The van der Waals surface area contributed by atoms with Crippen molar-refractivity contribution in [1.29, 1.82) is 0 Å². The first kappa shape index (κ1) is 10.9. The number of hydrogen-bond donors (Lipinski definition) is 0. The molecule has 90 valence electrons. The molecule has 0 aromatic heterocycles. The molecule has 0 amide bonds. The van der Waals surface area contributed by atoms with Crippen LogP contribution in [0.5, 0.6) is 0 Å². The van der Waals surface area contributed by atoms with Crippen LogP contribution in [0.3, 0.4) is 0 Å². The molecule has 2 nitrogen and oxygen atoms in total. The summed E-state index contributed by atoms with van der Waals surface area (Å²) in [6, 6.07) is 10.6. The lowest BCUT2D eigenvalue weighted by atomic mass is 9.98. The lowest BCUT2D eigenvalue weighted by Crippen LogP contribution is -2.01. The molecule has 0 spiro atoms. The van der Waals surface area contributed by atoms with Crippen LogP contribution in [-0.4, -0.2) is 5.97 Å². The number of fused-ring (bicyclic) bond motifs is 1. The second-order valence-electron chi connectivity index (χ2n) is 4.01. The SMILES string of the molecule is O=C1OC(c2ccccc2)c2c(F)ccc(F)c21. The monoisotopic (exact) mass is 246 g/mol. The predicted molar refractivity (Wildman–Crippen MR) is 60.1 cm³/mol. The Hall–Kier alpha value is -2.23. The zero-order chi connectivity index (χ0) is 12.7. The molecule has 2 aromatic carbocycles. The molecule has 0 fully saturated rings. The minimum atomic E-state index is -0.871. The van der Waals surface area contributed by atoms with Crippen LogP contribution in [0, 0.1) is 11.6 Å². The molecule has 1 aliphatic heterocycles. The molecule has 1 atom stereocenters. The van der Waals surface area contributed by atoms with Crippen molar-refractivity contribution in [2.75, 3.05) is 0 Å². The summed E-state index contributed by atoms with van der Waals surface area (Å²) in [4.78, 5) is 11.6. The van der Waals surface area contributed by atoms with Crippen LogP contribution < -0.4 is 0 Å². The lowest BCUT2D eigenvalue weighted by Gasteiger charge is -2.11. The molecule has 0 saturated heterocycles. The van der Waals surface area contributed by atoms with Crippen LogP contribution in [0.1, 0.15) is 27.6 Å². The third kappa shape index (κ3) is 1.49. The van der Waals surface area contributed by atoms with Crippen LogP contribution in [0.25, 0.3) is 0 Å². The minimum Gasteiger partial charge on any atom is -0.449 e. The molecule has 1 aliphatic rings. The van der Waals surface area contributed by atoms with E-state index in [0.29, 0.717) is 5.56 Å². The van der Waals surface area contributed by atoms with Gasteiger partial charge in [0, 0.05) is 0 Å². The summed E-state index contributed by atoms with van der Waals surface area (Å²) in [6.07, 6.45) is -0.871. The number of rotatable bonds is 1. The maximum absolute atomic E-state index is 13.8. The Labute approximate surface area is 102 Å². The first-order chi connectivity index (χ1) is 8.68. The van der Waals surface area contributed by atoms with Crippen molar-refractivity contribution < 1.29 is 18.3 Å². The summed E-state index contributed by atoms with van der Waals surface area (Å²) in [5.74, 6) is -2.21. The van der Waals surface area contributed by atoms with Gasteiger partial charge in [0.25, 0.3) is 0 Å². The Balaban J connectivity index is 2.20. The summed E-state index contributed by atoms with van der Waals surface area (Å²) in [7, 11) is 0. The van der Waals surface area contributed by atoms with Crippen LogP contribution in [-0.2, 0) is 4.74 Å². The molecule has 3 rings (SSSR count). The number of cyclic esters (lactones) is 1. The molecule has 0 aliphatic carbocycles. The Morgan fingerprint density at radius 3 is 2.33 bits per heavy atom. The second-order valence-corrected chi connectivity index (χ2v) is 4.01. The molecule has 0 N–H and O–H groups in total. The smallest absolute Gasteiger partial charge is 0.342 e. The van der Waals surface area contributed by atoms with Crippen LogP contribution in [0.2, 0.25) is 0 Å². The maximum atomic E-state index is 13.8. The van der Waals surface area contributed by atoms with Crippen LogP contribution in [0.15, 0.2) is 42.5 Å². The highest BCUT2D eigenvalue weighted by Gasteiger charge is 2.37. The van der Waals surface area contributed by atoms with Gasteiger partial charge in [-0.3, -0.25) is 0 Å². The zero-order valence-electron chi connectivity index (χ0n) is 9.19. The van der Waals surface area contributed by atoms with Gasteiger partial charge < -0.3 is 4.74 Å². The molecule has 1 heterocycles. The van der Waals surface area contributed by atoms with Gasteiger partial charge in [-0.25, -0.2) is 13.6 Å². The molecule has 1 unspecified atom stereocenters. The predicted octanol–water partition coefficient (Wildman–Crippen LogP) is 3.22. The van der Waals surface area contributed by atoms with Gasteiger partial charge in [0.2, 0.25) is 0 Å². The van der Waals surface area contributed by atoms with Crippen molar-refractivity contribution in [3.8, 4) is 0 Å². The molecular weight excluding hydrogens is 238 g/mol. The average Bonchev–Trinajstić information content (AvgIpc) is 2.74. The van der Waals surface area contributed by atoms with E-state index in [1.807, 2.05) is 0 Å². The van der Waals surface area contributed by atoms with Gasteiger partial charge in [-0.05, 0) is 17.7 Å². The van der Waals surface area contributed by atoms with Gasteiger partial charge >= 0.3 is 5.97 Å². The fraction of sp³-hybridized carbons (Fsp3) is 0.0714. The minimum absolute atomic E-state index is 0.0220. The van der Waals surface area contributed by atoms with Gasteiger partial charge in [-0.1, -0.05) is 30.3 Å². The molecule has 18 heavy (non-hydrogen) atoms. The summed E-state index contributed by atoms with van der Waals surface area (Å²) >= 11 is 0. The standard InChI is InChI=1S/C14H8F2O2/c15-9-6-7-10(16)12-11(9)13(18-14(12)17)8-4-2-1-3-5-8/h1-7,13H. The molecular formula is C14H8F2O2. The fourth-order valence-corrected chi connectivity index (χ4v) is 2.12. The Morgan fingerprint density at radius 1 is 0.944 bits per heavy atom. The quantitative estimate of drug-likeness (QED) is 0.722. The van der Waals surface area contributed by atoms with E-state index in [4.69, 9.17) is 4.74 Å². The van der Waals surface area contributed by atoms with Crippen molar-refractivity contribution in [2.45, 2.75) is 6.10 Å². The van der Waals surface area contributed by atoms with E-state index in [9.17, 15) is 13.6 Å². The number of halogens is 2. The third-order valence-corrected chi connectivity index (χ3v) is 2.93. The Kier molecular flexibility index (Phi) is 2.37. The van der Waals surface area contributed by atoms with Crippen molar-refractivity contribution in [1.82, 2.24) is 0 Å². The molecule has 0 bridgehead atoms. The zero-order valence-corrected chi connectivity index (χ0v) is 9.19. The van der Waals surface area contributed by atoms with E-state index >= 15 is 0 Å². The Morgan fingerprint density at radius 2 is 1.61 bits per heavy atom. The largest absolute Gasteiger partial charge is 0.449 e. The third-order valence-electron chi connectivity index (χ3n) is 2.93. The van der Waals surface area contributed by atoms with E-state index < -0.39 is 23.7 Å². The highest BCUT2D eigenvalue weighted by Crippen LogP contribution is 2.38. The van der Waals surface area contributed by atoms with E-state index in [-0.39, 0.29) is 11.1 Å². The second kappa shape index (κ2) is 3.91. The maximum Gasteiger partial charge on any atom is 0.342 e. The number of ether oxygens (including phenoxy) is 1.